The number of nitrogens with one attached hydrogen (secondary N) is 1. The van der Waals surface area contributed by atoms with Gasteiger partial charge in [-0.15, -0.1) is 13.2 Å². The number of aromatic nitrogens is 2. The highest BCUT2D eigenvalue weighted by molar-refractivity contribution is 5.93. The van der Waals surface area contributed by atoms with Gasteiger partial charge < -0.3 is 24.6 Å². The molecule has 1 aromatic carbocycles. The highest BCUT2D eigenvalue weighted by atomic mass is 19.4. The minimum Gasteiger partial charge on any atom is -0.406 e. The summed E-state index contributed by atoms with van der Waals surface area (Å²) in [6.45, 7) is 5.57. The van der Waals surface area contributed by atoms with Gasteiger partial charge in [0.05, 0.1) is 12.1 Å². The summed E-state index contributed by atoms with van der Waals surface area (Å²) >= 11 is 0. The van der Waals surface area contributed by atoms with Crippen molar-refractivity contribution < 1.29 is 27.4 Å². The van der Waals surface area contributed by atoms with Gasteiger partial charge >= 0.3 is 6.36 Å². The summed E-state index contributed by atoms with van der Waals surface area (Å²) in [4.78, 5) is 26.2. The van der Waals surface area contributed by atoms with Gasteiger partial charge in [0, 0.05) is 43.1 Å². The zero-order valence-electron chi connectivity index (χ0n) is 21.1. The van der Waals surface area contributed by atoms with Crippen LogP contribution in [-0.4, -0.2) is 83.5 Å². The third kappa shape index (κ3) is 5.83. The first-order valence-electron chi connectivity index (χ1n) is 12.4. The molecule has 1 amide bonds. The van der Waals surface area contributed by atoms with Gasteiger partial charge in [-0.1, -0.05) is 0 Å². The highest BCUT2D eigenvalue weighted by Crippen LogP contribution is 2.35. The summed E-state index contributed by atoms with van der Waals surface area (Å²) < 4.78 is 47.7. The van der Waals surface area contributed by atoms with E-state index in [2.05, 4.69) is 45.8 Å². The molecule has 0 radical (unpaired) electrons. The van der Waals surface area contributed by atoms with E-state index < -0.39 is 12.4 Å². The maximum absolute atomic E-state index is 13.5. The minimum atomic E-state index is -4.81. The number of methoxy groups -OCH3 is 1. The Kier molecular flexibility index (Phi) is 7.89. The SMILES string of the molecule is COC[C@@H]1C[C@H](N(C)C(C)C)CC[C@@H]1N1CCC(Nc2ncnc3ccc(OC(F)(F)F)cc23)C1=O. The van der Waals surface area contributed by atoms with E-state index in [9.17, 15) is 18.0 Å². The van der Waals surface area contributed by atoms with Gasteiger partial charge in [0.2, 0.25) is 5.91 Å². The fourth-order valence-corrected chi connectivity index (χ4v) is 5.50. The predicted molar refractivity (Wildman–Crippen MR) is 130 cm³/mol. The normalized spacial score (nSPS) is 25.2. The molecule has 8 nitrogen and oxygen atoms in total. The molecule has 1 aromatic heterocycles. The number of hydrogen-bond donors (Lipinski definition) is 1. The molecule has 1 N–H and O–H groups in total. The Balaban J connectivity index is 1.49. The number of halogens is 3. The van der Waals surface area contributed by atoms with Crippen LogP contribution in [0.3, 0.4) is 0 Å². The van der Waals surface area contributed by atoms with Gasteiger partial charge in [-0.25, -0.2) is 9.97 Å². The van der Waals surface area contributed by atoms with Crippen molar-refractivity contribution in [3.05, 3.63) is 24.5 Å². The number of benzene rings is 1. The molecule has 1 aliphatic heterocycles. The number of anilines is 1. The van der Waals surface area contributed by atoms with Crippen molar-refractivity contribution in [1.82, 2.24) is 19.8 Å². The Bertz CT molecular complexity index is 1070. The number of alkyl halides is 3. The molecular formula is C25H34F3N5O3. The van der Waals surface area contributed by atoms with E-state index in [1.54, 1.807) is 7.11 Å². The molecule has 2 fully saturated rings. The lowest BCUT2D eigenvalue weighted by molar-refractivity contribution is -0.274. The van der Waals surface area contributed by atoms with Crippen molar-refractivity contribution in [2.24, 2.45) is 5.92 Å². The van der Waals surface area contributed by atoms with Crippen LogP contribution in [0.15, 0.2) is 24.5 Å². The van der Waals surface area contributed by atoms with Gasteiger partial charge in [0.1, 0.15) is 23.9 Å². The third-order valence-corrected chi connectivity index (χ3v) is 7.48. The van der Waals surface area contributed by atoms with Crippen molar-refractivity contribution in [1.29, 1.82) is 0 Å². The van der Waals surface area contributed by atoms with Crippen LogP contribution in [0.1, 0.15) is 39.5 Å². The smallest absolute Gasteiger partial charge is 0.406 e. The topological polar surface area (TPSA) is 79.8 Å². The molecule has 2 heterocycles. The Morgan fingerprint density at radius 2 is 2.00 bits per heavy atom. The van der Waals surface area contributed by atoms with E-state index in [1.807, 2.05) is 4.90 Å². The lowest BCUT2D eigenvalue weighted by atomic mass is 9.80. The molecule has 2 aromatic rings. The van der Waals surface area contributed by atoms with Crippen LogP contribution in [-0.2, 0) is 9.53 Å². The summed E-state index contributed by atoms with van der Waals surface area (Å²) in [5.41, 5.74) is 0.456. The van der Waals surface area contributed by atoms with Crippen LogP contribution in [0.2, 0.25) is 0 Å². The van der Waals surface area contributed by atoms with Crippen LogP contribution in [0.4, 0.5) is 19.0 Å². The molecular weight excluding hydrogens is 475 g/mol. The molecule has 2 aliphatic rings. The fraction of sp³-hybridized carbons (Fsp3) is 0.640. The second-order valence-electron chi connectivity index (χ2n) is 9.98. The second kappa shape index (κ2) is 10.8. The quantitative estimate of drug-likeness (QED) is 0.575. The zero-order valence-corrected chi connectivity index (χ0v) is 21.1. The molecule has 0 spiro atoms. The number of likely N-dealkylation sites (tertiary alicyclic amines) is 1. The Hall–Kier alpha value is -2.66. The second-order valence-corrected chi connectivity index (χ2v) is 9.98. The number of amides is 1. The number of carbonyl (C=O) groups excluding carboxylic acids is 1. The van der Waals surface area contributed by atoms with Crippen LogP contribution in [0.5, 0.6) is 5.75 Å². The average Bonchev–Trinajstić information content (AvgIpc) is 3.17. The predicted octanol–water partition coefficient (Wildman–Crippen LogP) is 4.07. The van der Waals surface area contributed by atoms with Crippen molar-refractivity contribution >= 4 is 22.6 Å². The van der Waals surface area contributed by atoms with E-state index in [1.165, 1.54) is 24.5 Å². The van der Waals surface area contributed by atoms with Crippen LogP contribution in [0.25, 0.3) is 10.9 Å². The molecule has 4 rings (SSSR count). The molecule has 1 saturated carbocycles. The summed E-state index contributed by atoms with van der Waals surface area (Å²) in [7, 11) is 3.84. The molecule has 4 atom stereocenters. The first kappa shape index (κ1) is 26.4. The summed E-state index contributed by atoms with van der Waals surface area (Å²) in [6.07, 6.45) is -0.0151. The highest BCUT2D eigenvalue weighted by Gasteiger charge is 2.42. The van der Waals surface area contributed by atoms with E-state index in [-0.39, 0.29) is 23.6 Å². The molecule has 11 heteroatoms. The monoisotopic (exact) mass is 509 g/mol. The van der Waals surface area contributed by atoms with E-state index in [4.69, 9.17) is 4.74 Å². The summed E-state index contributed by atoms with van der Waals surface area (Å²) in [5, 5.41) is 3.52. The van der Waals surface area contributed by atoms with Crippen molar-refractivity contribution in [2.45, 2.75) is 70.1 Å². The third-order valence-electron chi connectivity index (χ3n) is 7.48. The molecule has 0 bridgehead atoms. The number of hydrogen-bond acceptors (Lipinski definition) is 7. The largest absolute Gasteiger partial charge is 0.573 e. The van der Waals surface area contributed by atoms with Crippen LogP contribution < -0.4 is 10.1 Å². The Morgan fingerprint density at radius 3 is 2.69 bits per heavy atom. The lowest BCUT2D eigenvalue weighted by Gasteiger charge is -2.44. The minimum absolute atomic E-state index is 0.0220. The van der Waals surface area contributed by atoms with Gasteiger partial charge in [-0.3, -0.25) is 4.79 Å². The van der Waals surface area contributed by atoms with Crippen molar-refractivity contribution in [3.63, 3.8) is 0 Å². The van der Waals surface area contributed by atoms with E-state index in [0.29, 0.717) is 48.4 Å². The molecule has 1 saturated heterocycles. The van der Waals surface area contributed by atoms with Crippen LogP contribution in [0, 0.1) is 5.92 Å². The van der Waals surface area contributed by atoms with Gasteiger partial charge in [-0.2, -0.15) is 0 Å². The zero-order chi connectivity index (χ0) is 26.0. The average molecular weight is 510 g/mol. The summed E-state index contributed by atoms with van der Waals surface area (Å²) in [5.74, 6) is 0.159. The maximum Gasteiger partial charge on any atom is 0.573 e. The molecule has 198 valence electrons. The number of nitrogens with zero attached hydrogens (tertiary/aromatic N) is 4. The standard InChI is InChI=1S/C25H34F3N5O3/c1-15(2)32(3)17-5-8-22(16(11-17)13-35-4)33-10-9-21(24(33)34)31-23-19-12-18(36-25(26,27)28)6-7-20(19)29-14-30-23/h6-7,12,14-17,21-22H,5,8-11,13H2,1-4H3,(H,29,30,31)/t16-,17+,21?,22-/m0/s1. The van der Waals surface area contributed by atoms with Gasteiger partial charge in [0.25, 0.3) is 0 Å². The fourth-order valence-electron chi connectivity index (χ4n) is 5.50. The lowest BCUT2D eigenvalue weighted by Crippen LogP contribution is -2.52. The first-order chi connectivity index (χ1) is 17.1. The molecule has 1 unspecified atom stereocenters. The number of rotatable bonds is 8. The van der Waals surface area contributed by atoms with Gasteiger partial charge in [0.15, 0.2) is 0 Å². The van der Waals surface area contributed by atoms with E-state index in [0.717, 1.165) is 19.3 Å². The Morgan fingerprint density at radius 1 is 1.22 bits per heavy atom. The first-order valence-corrected chi connectivity index (χ1v) is 12.4. The summed E-state index contributed by atoms with van der Waals surface area (Å²) in [6, 6.07) is 4.36. The number of carbonyl (C=O) groups is 1. The van der Waals surface area contributed by atoms with Crippen molar-refractivity contribution in [3.8, 4) is 5.75 Å². The molecule has 36 heavy (non-hydrogen) atoms. The van der Waals surface area contributed by atoms with E-state index >= 15 is 0 Å². The van der Waals surface area contributed by atoms with Crippen LogP contribution >= 0.6 is 0 Å². The van der Waals surface area contributed by atoms with Crippen molar-refractivity contribution in [2.75, 3.05) is 32.6 Å². The maximum atomic E-state index is 13.5. The number of ether oxygens (including phenoxy) is 2. The Labute approximate surface area is 209 Å². The number of fused-ring (bicyclic) bond motifs is 1. The van der Waals surface area contributed by atoms with Gasteiger partial charge in [-0.05, 0) is 64.8 Å². The molecule has 1 aliphatic carbocycles.